The first-order valence-corrected chi connectivity index (χ1v) is 12.4. The highest BCUT2D eigenvalue weighted by atomic mass is 32.2. The second-order valence-electron chi connectivity index (χ2n) is 7.85. The van der Waals surface area contributed by atoms with Gasteiger partial charge < -0.3 is 0 Å². The molecular weight excluding hydrogens is 482 g/mol. The van der Waals surface area contributed by atoms with Crippen molar-refractivity contribution < 1.29 is 26.0 Å². The van der Waals surface area contributed by atoms with Crippen LogP contribution in [0.15, 0.2) is 64.8 Å². The van der Waals surface area contributed by atoms with Gasteiger partial charge >= 0.3 is 0 Å². The van der Waals surface area contributed by atoms with Crippen molar-refractivity contribution >= 4 is 9.84 Å². The molecule has 4 aromatic rings. The van der Waals surface area contributed by atoms with E-state index < -0.39 is 48.5 Å². The van der Waals surface area contributed by atoms with E-state index in [9.17, 15) is 17.2 Å². The number of nitrogens with zero attached hydrogens (tertiary/aromatic N) is 3. The Labute approximate surface area is 200 Å². The predicted molar refractivity (Wildman–Crippen MR) is 122 cm³/mol. The molecule has 0 radical (unpaired) electrons. The van der Waals surface area contributed by atoms with Gasteiger partial charge in [-0.3, -0.25) is 9.67 Å². The Morgan fingerprint density at radius 2 is 1.66 bits per heavy atom. The maximum absolute atomic E-state index is 16.1. The van der Waals surface area contributed by atoms with Gasteiger partial charge in [-0.1, -0.05) is 13.3 Å². The van der Waals surface area contributed by atoms with E-state index in [4.69, 9.17) is 0 Å². The number of sulfone groups is 1. The second-order valence-corrected chi connectivity index (χ2v) is 9.70. The van der Waals surface area contributed by atoms with Crippen molar-refractivity contribution in [2.75, 3.05) is 0 Å². The topological polar surface area (TPSA) is 64.8 Å². The van der Waals surface area contributed by atoms with Gasteiger partial charge in [-0.15, -0.1) is 0 Å². The highest BCUT2D eigenvalue weighted by molar-refractivity contribution is 7.91. The Morgan fingerprint density at radius 1 is 0.943 bits per heavy atom. The van der Waals surface area contributed by atoms with Crippen molar-refractivity contribution in [2.45, 2.75) is 43.0 Å². The van der Waals surface area contributed by atoms with Crippen molar-refractivity contribution in [3.8, 4) is 22.4 Å². The van der Waals surface area contributed by atoms with Gasteiger partial charge in [0.1, 0.15) is 32.9 Å². The van der Waals surface area contributed by atoms with E-state index in [1.807, 2.05) is 0 Å². The van der Waals surface area contributed by atoms with Crippen LogP contribution in [0.2, 0.25) is 0 Å². The molecule has 2 heterocycles. The minimum atomic E-state index is -4.90. The van der Waals surface area contributed by atoms with Crippen LogP contribution in [0.3, 0.4) is 0 Å². The third kappa shape index (κ3) is 4.45. The van der Waals surface area contributed by atoms with Crippen molar-refractivity contribution in [3.05, 3.63) is 83.8 Å². The number of pyridine rings is 1. The maximum Gasteiger partial charge on any atom is 0.212 e. The van der Waals surface area contributed by atoms with E-state index in [1.54, 1.807) is 32.2 Å². The monoisotopic (exact) mass is 503 g/mol. The largest absolute Gasteiger partial charge is 0.272 e. The molecule has 0 saturated carbocycles. The summed E-state index contributed by atoms with van der Waals surface area (Å²) in [5.41, 5.74) is -0.0379. The summed E-state index contributed by atoms with van der Waals surface area (Å²) in [5.74, 6) is -4.67. The summed E-state index contributed by atoms with van der Waals surface area (Å²) in [4.78, 5) is 2.02. The van der Waals surface area contributed by atoms with Crippen molar-refractivity contribution in [3.63, 3.8) is 0 Å². The van der Waals surface area contributed by atoms with Crippen LogP contribution in [0.4, 0.5) is 17.6 Å². The van der Waals surface area contributed by atoms with Gasteiger partial charge in [0.05, 0.1) is 5.56 Å². The summed E-state index contributed by atoms with van der Waals surface area (Å²) in [6, 6.07) is 6.06. The number of benzene rings is 2. The molecule has 35 heavy (non-hydrogen) atoms. The van der Waals surface area contributed by atoms with E-state index in [2.05, 4.69) is 10.1 Å². The molecule has 0 N–H and O–H groups in total. The molecular formula is C25H21F4N3O2S. The van der Waals surface area contributed by atoms with Crippen LogP contribution in [0.5, 0.6) is 0 Å². The van der Waals surface area contributed by atoms with Crippen LogP contribution in [0, 0.1) is 23.3 Å². The van der Waals surface area contributed by atoms with Gasteiger partial charge in [-0.2, -0.15) is 5.10 Å². The van der Waals surface area contributed by atoms with Gasteiger partial charge in [0.25, 0.3) is 0 Å². The van der Waals surface area contributed by atoms with Gasteiger partial charge in [-0.05, 0) is 60.9 Å². The number of hydrogen-bond donors (Lipinski definition) is 0. The van der Waals surface area contributed by atoms with E-state index in [0.29, 0.717) is 36.2 Å². The van der Waals surface area contributed by atoms with Crippen LogP contribution in [-0.2, 0) is 22.8 Å². The number of aryl methyl sites for hydroxylation is 2. The molecule has 10 heteroatoms. The fourth-order valence-electron chi connectivity index (χ4n) is 3.92. The predicted octanol–water partition coefficient (Wildman–Crippen LogP) is 5.97. The smallest absolute Gasteiger partial charge is 0.212 e. The minimum Gasteiger partial charge on any atom is -0.272 e. The SMILES string of the molecule is CCCc1cc(F)c(-c2nn(CC)cc2-c2ccncc2)c(F)c1S(=O)(=O)c1cc(F)ccc1F. The first-order valence-electron chi connectivity index (χ1n) is 10.9. The van der Waals surface area contributed by atoms with Gasteiger partial charge in [0, 0.05) is 30.7 Å². The molecule has 2 aromatic carbocycles. The highest BCUT2D eigenvalue weighted by Crippen LogP contribution is 2.39. The summed E-state index contributed by atoms with van der Waals surface area (Å²) in [6.45, 7) is 3.87. The molecule has 0 atom stereocenters. The number of hydrogen-bond acceptors (Lipinski definition) is 4. The standard InChI is InChI=1S/C25H21F4N3O2S/c1-3-5-16-12-20(28)22(24-18(14-32(4-2)31-24)15-8-10-30-11-9-15)23(29)25(16)35(33,34)21-13-17(26)6-7-19(21)27/h6-14H,3-5H2,1-2H3. The summed E-state index contributed by atoms with van der Waals surface area (Å²) < 4.78 is 88.2. The normalized spacial score (nSPS) is 11.7. The molecule has 0 unspecified atom stereocenters. The lowest BCUT2D eigenvalue weighted by Gasteiger charge is -2.16. The third-order valence-corrected chi connectivity index (χ3v) is 7.41. The molecule has 0 amide bonds. The van der Waals surface area contributed by atoms with Crippen LogP contribution in [0.1, 0.15) is 25.8 Å². The average molecular weight is 504 g/mol. The Balaban J connectivity index is 2.06. The zero-order chi connectivity index (χ0) is 25.3. The molecule has 0 bridgehead atoms. The Kier molecular flexibility index (Phi) is 6.75. The maximum atomic E-state index is 16.1. The molecule has 182 valence electrons. The first-order chi connectivity index (χ1) is 16.7. The van der Waals surface area contributed by atoms with E-state index in [0.717, 1.165) is 12.1 Å². The van der Waals surface area contributed by atoms with Crippen LogP contribution < -0.4 is 0 Å². The van der Waals surface area contributed by atoms with Crippen molar-refractivity contribution in [2.24, 2.45) is 0 Å². The molecule has 0 spiro atoms. The van der Waals surface area contributed by atoms with Gasteiger partial charge in [0.2, 0.25) is 9.84 Å². The summed E-state index contributed by atoms with van der Waals surface area (Å²) in [7, 11) is -4.90. The molecule has 4 rings (SSSR count). The number of halogens is 4. The number of rotatable bonds is 7. The van der Waals surface area contributed by atoms with Gasteiger partial charge in [-0.25, -0.2) is 26.0 Å². The summed E-state index contributed by atoms with van der Waals surface area (Å²) >= 11 is 0. The van der Waals surface area contributed by atoms with Crippen LogP contribution in [-0.4, -0.2) is 23.2 Å². The van der Waals surface area contributed by atoms with E-state index in [-0.39, 0.29) is 17.7 Å². The lowest BCUT2D eigenvalue weighted by atomic mass is 9.99. The molecule has 0 fully saturated rings. The lowest BCUT2D eigenvalue weighted by molar-refractivity contribution is 0.534. The fourth-order valence-corrected chi connectivity index (χ4v) is 5.57. The Hall–Kier alpha value is -3.53. The minimum absolute atomic E-state index is 0.000229. The fraction of sp³-hybridized carbons (Fsp3) is 0.200. The highest BCUT2D eigenvalue weighted by Gasteiger charge is 2.33. The zero-order valence-electron chi connectivity index (χ0n) is 18.9. The molecule has 0 saturated heterocycles. The molecule has 0 aliphatic heterocycles. The van der Waals surface area contributed by atoms with Crippen LogP contribution in [0.25, 0.3) is 22.4 Å². The summed E-state index contributed by atoms with van der Waals surface area (Å²) in [6.07, 6.45) is 4.95. The zero-order valence-corrected chi connectivity index (χ0v) is 19.7. The van der Waals surface area contributed by atoms with Gasteiger partial charge in [0.15, 0.2) is 5.82 Å². The van der Waals surface area contributed by atoms with E-state index in [1.165, 1.54) is 17.1 Å². The summed E-state index contributed by atoms with van der Waals surface area (Å²) in [5, 5.41) is 4.29. The molecule has 5 nitrogen and oxygen atoms in total. The third-order valence-electron chi connectivity index (χ3n) is 5.53. The quantitative estimate of drug-likeness (QED) is 0.230. The second kappa shape index (κ2) is 9.61. The van der Waals surface area contributed by atoms with Crippen molar-refractivity contribution in [1.82, 2.24) is 14.8 Å². The Morgan fingerprint density at radius 3 is 2.31 bits per heavy atom. The average Bonchev–Trinajstić information content (AvgIpc) is 3.25. The molecule has 0 aliphatic carbocycles. The lowest BCUT2D eigenvalue weighted by Crippen LogP contribution is -2.13. The van der Waals surface area contributed by atoms with E-state index >= 15 is 8.78 Å². The molecule has 2 aromatic heterocycles. The number of aromatic nitrogens is 3. The molecule has 0 aliphatic rings. The first kappa shape index (κ1) is 24.6. The van der Waals surface area contributed by atoms with Crippen molar-refractivity contribution in [1.29, 1.82) is 0 Å². The van der Waals surface area contributed by atoms with Crippen LogP contribution >= 0.6 is 0 Å². The Bertz CT molecular complexity index is 1500.